The van der Waals surface area contributed by atoms with Crippen molar-refractivity contribution < 1.29 is 9.90 Å². The minimum absolute atomic E-state index is 0.0237. The van der Waals surface area contributed by atoms with E-state index in [2.05, 4.69) is 22.1 Å². The van der Waals surface area contributed by atoms with E-state index in [1.807, 2.05) is 6.07 Å². The van der Waals surface area contributed by atoms with E-state index < -0.39 is 0 Å². The van der Waals surface area contributed by atoms with Crippen LogP contribution in [0.3, 0.4) is 0 Å². The fraction of sp³-hybridized carbons (Fsp3) is 0.533. The number of likely N-dealkylation sites (tertiary alicyclic amines) is 1. The molecule has 1 amide bonds. The standard InChI is InChI=1S/C15H20N2O2S/c18-12-4-1-5-13-6-7-14(20-13)15(19)16-8-11-17-9-2-3-10-17/h6-7,18H,2-4,8-12H2,(H,16,19). The smallest absolute Gasteiger partial charge is 0.261 e. The molecule has 0 aromatic carbocycles. The van der Waals surface area contributed by atoms with Crippen LogP contribution in [0.1, 0.15) is 33.8 Å². The average molecular weight is 292 g/mol. The van der Waals surface area contributed by atoms with Crippen LogP contribution in [0.15, 0.2) is 12.1 Å². The Morgan fingerprint density at radius 2 is 2.20 bits per heavy atom. The molecule has 0 saturated carbocycles. The minimum atomic E-state index is -0.0237. The van der Waals surface area contributed by atoms with Crippen LogP contribution in [-0.2, 0) is 0 Å². The Hall–Kier alpha value is -1.35. The monoisotopic (exact) mass is 292 g/mol. The Morgan fingerprint density at radius 3 is 2.95 bits per heavy atom. The van der Waals surface area contributed by atoms with E-state index in [0.717, 1.165) is 24.5 Å². The number of hydrogen-bond acceptors (Lipinski definition) is 4. The van der Waals surface area contributed by atoms with Gasteiger partial charge in [0.05, 0.1) is 16.4 Å². The van der Waals surface area contributed by atoms with Gasteiger partial charge in [-0.3, -0.25) is 4.79 Å². The van der Waals surface area contributed by atoms with Crippen molar-refractivity contribution >= 4 is 17.2 Å². The zero-order valence-electron chi connectivity index (χ0n) is 11.5. The maximum absolute atomic E-state index is 12.0. The lowest BCUT2D eigenvalue weighted by atomic mass is 10.4. The molecule has 108 valence electrons. The zero-order valence-corrected chi connectivity index (χ0v) is 12.3. The summed E-state index contributed by atoms with van der Waals surface area (Å²) in [6.07, 6.45) is 3.01. The molecule has 0 radical (unpaired) electrons. The number of aliphatic hydroxyl groups excluding tert-OH is 1. The highest BCUT2D eigenvalue weighted by atomic mass is 32.1. The lowest BCUT2D eigenvalue weighted by Crippen LogP contribution is -2.33. The van der Waals surface area contributed by atoms with E-state index in [1.54, 1.807) is 6.07 Å². The second-order valence-corrected chi connectivity index (χ2v) is 5.83. The van der Waals surface area contributed by atoms with Crippen molar-refractivity contribution in [2.45, 2.75) is 19.3 Å². The molecule has 20 heavy (non-hydrogen) atoms. The fourth-order valence-corrected chi connectivity index (χ4v) is 2.95. The third-order valence-electron chi connectivity index (χ3n) is 3.19. The maximum Gasteiger partial charge on any atom is 0.261 e. The lowest BCUT2D eigenvalue weighted by Gasteiger charge is -2.14. The van der Waals surface area contributed by atoms with Gasteiger partial charge in [-0.1, -0.05) is 11.8 Å². The molecule has 2 rings (SSSR count). The summed E-state index contributed by atoms with van der Waals surface area (Å²) in [5.74, 6) is 5.77. The second-order valence-electron chi connectivity index (χ2n) is 4.74. The molecule has 1 aromatic rings. The number of nitrogens with one attached hydrogen (secondary N) is 1. The molecule has 1 aliphatic rings. The van der Waals surface area contributed by atoms with Crippen molar-refractivity contribution in [2.75, 3.05) is 32.8 Å². The van der Waals surface area contributed by atoms with Crippen molar-refractivity contribution in [3.8, 4) is 11.8 Å². The molecular formula is C15H20N2O2S. The van der Waals surface area contributed by atoms with Crippen LogP contribution in [0, 0.1) is 11.8 Å². The van der Waals surface area contributed by atoms with Gasteiger partial charge in [-0.15, -0.1) is 11.3 Å². The normalized spacial score (nSPS) is 14.8. The molecule has 1 fully saturated rings. The third kappa shape index (κ3) is 4.64. The van der Waals surface area contributed by atoms with E-state index in [1.165, 1.54) is 24.2 Å². The molecule has 0 unspecified atom stereocenters. The van der Waals surface area contributed by atoms with Gasteiger partial charge in [0, 0.05) is 19.5 Å². The summed E-state index contributed by atoms with van der Waals surface area (Å²) < 4.78 is 0. The van der Waals surface area contributed by atoms with Gasteiger partial charge < -0.3 is 15.3 Å². The van der Waals surface area contributed by atoms with Crippen LogP contribution in [0.4, 0.5) is 0 Å². The Morgan fingerprint density at radius 1 is 1.40 bits per heavy atom. The van der Waals surface area contributed by atoms with Gasteiger partial charge >= 0.3 is 0 Å². The number of hydrogen-bond donors (Lipinski definition) is 2. The molecule has 1 saturated heterocycles. The number of carbonyl (C=O) groups is 1. The molecule has 0 spiro atoms. The quantitative estimate of drug-likeness (QED) is 0.805. The summed E-state index contributed by atoms with van der Waals surface area (Å²) >= 11 is 1.39. The molecule has 2 heterocycles. The van der Waals surface area contributed by atoms with Crippen LogP contribution in [-0.4, -0.2) is 48.7 Å². The van der Waals surface area contributed by atoms with E-state index in [0.29, 0.717) is 17.8 Å². The predicted molar refractivity (Wildman–Crippen MR) is 80.9 cm³/mol. The van der Waals surface area contributed by atoms with E-state index in [9.17, 15) is 4.79 Å². The van der Waals surface area contributed by atoms with E-state index >= 15 is 0 Å². The molecule has 1 aromatic heterocycles. The van der Waals surface area contributed by atoms with Gasteiger partial charge in [0.1, 0.15) is 0 Å². The predicted octanol–water partition coefficient (Wildman–Crippen LogP) is 1.31. The Labute approximate surface area is 123 Å². The largest absolute Gasteiger partial charge is 0.395 e. The SMILES string of the molecule is O=C(NCCN1CCCC1)c1ccc(C#CCCO)s1. The summed E-state index contributed by atoms with van der Waals surface area (Å²) in [5, 5.41) is 11.6. The Kier molecular flexibility index (Phi) is 6.06. The van der Waals surface area contributed by atoms with Gasteiger partial charge in [-0.05, 0) is 38.1 Å². The molecule has 2 N–H and O–H groups in total. The van der Waals surface area contributed by atoms with E-state index in [-0.39, 0.29) is 12.5 Å². The summed E-state index contributed by atoms with van der Waals surface area (Å²) in [6.45, 7) is 4.00. The number of carbonyl (C=O) groups excluding carboxylic acids is 1. The number of amides is 1. The van der Waals surface area contributed by atoms with Crippen molar-refractivity contribution in [1.82, 2.24) is 10.2 Å². The lowest BCUT2D eigenvalue weighted by molar-refractivity contribution is 0.0954. The minimum Gasteiger partial charge on any atom is -0.395 e. The maximum atomic E-state index is 12.0. The number of thiophene rings is 1. The van der Waals surface area contributed by atoms with Gasteiger partial charge in [0.15, 0.2) is 0 Å². The number of nitrogens with zero attached hydrogens (tertiary/aromatic N) is 1. The second kappa shape index (κ2) is 8.05. The van der Waals surface area contributed by atoms with Crippen molar-refractivity contribution in [1.29, 1.82) is 0 Å². The first kappa shape index (κ1) is 15.0. The summed E-state index contributed by atoms with van der Waals surface area (Å²) in [7, 11) is 0. The highest BCUT2D eigenvalue weighted by molar-refractivity contribution is 7.14. The molecule has 5 heteroatoms. The highest BCUT2D eigenvalue weighted by Gasteiger charge is 2.12. The first-order valence-corrected chi connectivity index (χ1v) is 7.81. The van der Waals surface area contributed by atoms with Crippen LogP contribution >= 0.6 is 11.3 Å². The molecular weight excluding hydrogens is 272 g/mol. The molecule has 0 aliphatic carbocycles. The van der Waals surface area contributed by atoms with Gasteiger partial charge in [0.25, 0.3) is 5.91 Å². The Balaban J connectivity index is 1.76. The number of aliphatic hydroxyl groups is 1. The van der Waals surface area contributed by atoms with E-state index in [4.69, 9.17) is 5.11 Å². The average Bonchev–Trinajstić information content (AvgIpc) is 3.10. The first-order chi connectivity index (χ1) is 9.79. The molecule has 0 bridgehead atoms. The summed E-state index contributed by atoms with van der Waals surface area (Å²) in [6, 6.07) is 3.66. The molecule has 4 nitrogen and oxygen atoms in total. The third-order valence-corrected chi connectivity index (χ3v) is 4.19. The molecule has 1 aliphatic heterocycles. The summed E-state index contributed by atoms with van der Waals surface area (Å²) in [4.78, 5) is 15.9. The number of rotatable bonds is 5. The highest BCUT2D eigenvalue weighted by Crippen LogP contribution is 2.15. The van der Waals surface area contributed by atoms with Crippen LogP contribution < -0.4 is 5.32 Å². The summed E-state index contributed by atoms with van der Waals surface area (Å²) in [5.41, 5.74) is 0. The van der Waals surface area contributed by atoms with Crippen molar-refractivity contribution in [3.63, 3.8) is 0 Å². The molecule has 0 atom stereocenters. The van der Waals surface area contributed by atoms with Crippen LogP contribution in [0.2, 0.25) is 0 Å². The first-order valence-electron chi connectivity index (χ1n) is 7.00. The van der Waals surface area contributed by atoms with Crippen LogP contribution in [0.5, 0.6) is 0 Å². The van der Waals surface area contributed by atoms with Gasteiger partial charge in [0.2, 0.25) is 0 Å². The van der Waals surface area contributed by atoms with Gasteiger partial charge in [-0.2, -0.15) is 0 Å². The van der Waals surface area contributed by atoms with Crippen molar-refractivity contribution in [2.24, 2.45) is 0 Å². The fourth-order valence-electron chi connectivity index (χ4n) is 2.15. The zero-order chi connectivity index (χ0) is 14.2. The van der Waals surface area contributed by atoms with Gasteiger partial charge in [-0.25, -0.2) is 0 Å². The van der Waals surface area contributed by atoms with Crippen LogP contribution in [0.25, 0.3) is 0 Å². The Bertz CT molecular complexity index is 495. The van der Waals surface area contributed by atoms with Crippen molar-refractivity contribution in [3.05, 3.63) is 21.9 Å². The topological polar surface area (TPSA) is 52.6 Å².